The first kappa shape index (κ1) is 9.61. The van der Waals surface area contributed by atoms with Gasteiger partial charge in [0.2, 0.25) is 0 Å². The van der Waals surface area contributed by atoms with E-state index in [0.29, 0.717) is 6.04 Å². The molecule has 0 heterocycles. The second-order valence-electron chi connectivity index (χ2n) is 3.67. The summed E-state index contributed by atoms with van der Waals surface area (Å²) in [6, 6.07) is 0.650. The minimum absolute atomic E-state index is 0.650. The van der Waals surface area contributed by atoms with Gasteiger partial charge in [0.15, 0.2) is 0 Å². The molecule has 0 spiro atoms. The zero-order valence-corrected chi connectivity index (χ0v) is 8.35. The van der Waals surface area contributed by atoms with Crippen molar-refractivity contribution in [3.05, 3.63) is 0 Å². The van der Waals surface area contributed by atoms with Crippen LogP contribution in [-0.2, 0) is 0 Å². The van der Waals surface area contributed by atoms with Crippen LogP contribution in [0.4, 0.5) is 0 Å². The van der Waals surface area contributed by atoms with Gasteiger partial charge < -0.3 is 5.32 Å². The fourth-order valence-corrected chi connectivity index (χ4v) is 1.76. The number of rotatable bonds is 4. The van der Waals surface area contributed by atoms with Crippen LogP contribution in [0.3, 0.4) is 0 Å². The third-order valence-electron chi connectivity index (χ3n) is 2.65. The van der Waals surface area contributed by atoms with Crippen molar-refractivity contribution in [3.63, 3.8) is 0 Å². The summed E-state index contributed by atoms with van der Waals surface area (Å²) in [4.78, 5) is 0. The third kappa shape index (κ3) is 2.53. The maximum Gasteiger partial charge on any atom is 0.0246 e. The molecule has 68 valence electrons. The summed E-state index contributed by atoms with van der Waals surface area (Å²) >= 11 is 0. The van der Waals surface area contributed by atoms with Gasteiger partial charge in [0.05, 0.1) is 0 Å². The molecule has 3 unspecified atom stereocenters. The van der Waals surface area contributed by atoms with Gasteiger partial charge >= 0.3 is 0 Å². The van der Waals surface area contributed by atoms with Crippen LogP contribution < -0.4 is 5.32 Å². The standard InChI is InChI=1S/C11H19N/c1-4-6-7-11(12-5-2)10-8-9(10)3/h9-12H,5,7-8H2,1-3H3. The number of hydrogen-bond acceptors (Lipinski definition) is 1. The molecule has 1 aliphatic carbocycles. The molecule has 1 aliphatic rings. The van der Waals surface area contributed by atoms with Crippen molar-refractivity contribution >= 4 is 0 Å². The Morgan fingerprint density at radius 1 is 1.58 bits per heavy atom. The fraction of sp³-hybridized carbons (Fsp3) is 0.818. The van der Waals surface area contributed by atoms with Crippen LogP contribution >= 0.6 is 0 Å². The van der Waals surface area contributed by atoms with Gasteiger partial charge in [-0.2, -0.15) is 0 Å². The lowest BCUT2D eigenvalue weighted by Gasteiger charge is -2.14. The van der Waals surface area contributed by atoms with Gasteiger partial charge in [0, 0.05) is 12.5 Å². The molecule has 12 heavy (non-hydrogen) atoms. The summed E-state index contributed by atoms with van der Waals surface area (Å²) in [6.07, 6.45) is 2.42. The largest absolute Gasteiger partial charge is 0.313 e. The molecule has 0 bridgehead atoms. The molecule has 1 heteroatoms. The lowest BCUT2D eigenvalue weighted by atomic mass is 10.1. The molecular weight excluding hydrogens is 146 g/mol. The molecule has 0 aliphatic heterocycles. The summed E-state index contributed by atoms with van der Waals surface area (Å²) in [5.41, 5.74) is 0. The maximum atomic E-state index is 3.51. The van der Waals surface area contributed by atoms with E-state index < -0.39 is 0 Å². The van der Waals surface area contributed by atoms with E-state index in [1.54, 1.807) is 0 Å². The topological polar surface area (TPSA) is 12.0 Å². The van der Waals surface area contributed by atoms with Gasteiger partial charge in [-0.25, -0.2) is 0 Å². The van der Waals surface area contributed by atoms with Crippen molar-refractivity contribution in [3.8, 4) is 11.8 Å². The van der Waals surface area contributed by atoms with E-state index in [1.807, 2.05) is 6.92 Å². The molecule has 0 aromatic rings. The molecule has 1 rings (SSSR count). The minimum Gasteiger partial charge on any atom is -0.313 e. The Balaban J connectivity index is 2.31. The Bertz CT molecular complexity index is 187. The molecule has 0 aromatic carbocycles. The van der Waals surface area contributed by atoms with Gasteiger partial charge in [0.25, 0.3) is 0 Å². The van der Waals surface area contributed by atoms with E-state index in [2.05, 4.69) is 31.0 Å². The van der Waals surface area contributed by atoms with Crippen LogP contribution in [0.5, 0.6) is 0 Å². The van der Waals surface area contributed by atoms with Crippen LogP contribution in [0.25, 0.3) is 0 Å². The predicted octanol–water partition coefficient (Wildman–Crippen LogP) is 2.03. The number of nitrogens with one attached hydrogen (secondary N) is 1. The van der Waals surface area contributed by atoms with Crippen LogP contribution in [0.2, 0.25) is 0 Å². The molecule has 0 aromatic heterocycles. The smallest absolute Gasteiger partial charge is 0.0246 e. The highest BCUT2D eigenvalue weighted by Gasteiger charge is 2.38. The molecule has 0 amide bonds. The average molecular weight is 165 g/mol. The Kier molecular flexibility index (Phi) is 3.62. The first-order chi connectivity index (χ1) is 5.79. The summed E-state index contributed by atoms with van der Waals surface area (Å²) in [6.45, 7) is 7.48. The molecule has 1 N–H and O–H groups in total. The van der Waals surface area contributed by atoms with Crippen molar-refractivity contribution in [1.29, 1.82) is 0 Å². The highest BCUT2D eigenvalue weighted by Crippen LogP contribution is 2.41. The van der Waals surface area contributed by atoms with Gasteiger partial charge in [-0.3, -0.25) is 0 Å². The highest BCUT2D eigenvalue weighted by atomic mass is 14.9. The summed E-state index contributed by atoms with van der Waals surface area (Å²) in [5, 5.41) is 3.51. The maximum absolute atomic E-state index is 3.51. The van der Waals surface area contributed by atoms with Crippen LogP contribution in [0.1, 0.15) is 33.6 Å². The Morgan fingerprint density at radius 3 is 2.67 bits per heavy atom. The second kappa shape index (κ2) is 4.52. The quantitative estimate of drug-likeness (QED) is 0.629. The normalized spacial score (nSPS) is 28.9. The van der Waals surface area contributed by atoms with Crippen molar-refractivity contribution in [2.75, 3.05) is 6.54 Å². The van der Waals surface area contributed by atoms with Gasteiger partial charge in [0.1, 0.15) is 0 Å². The first-order valence-corrected chi connectivity index (χ1v) is 4.92. The lowest BCUT2D eigenvalue weighted by Crippen LogP contribution is -2.30. The summed E-state index contributed by atoms with van der Waals surface area (Å²) in [7, 11) is 0. The van der Waals surface area contributed by atoms with Gasteiger partial charge in [-0.15, -0.1) is 11.8 Å². The van der Waals surface area contributed by atoms with Gasteiger partial charge in [-0.1, -0.05) is 13.8 Å². The highest BCUT2D eigenvalue weighted by molar-refractivity contribution is 5.03. The molecule has 0 saturated heterocycles. The molecular formula is C11H19N. The zero-order chi connectivity index (χ0) is 8.97. The molecule has 1 saturated carbocycles. The molecule has 3 atom stereocenters. The first-order valence-electron chi connectivity index (χ1n) is 4.92. The molecule has 0 radical (unpaired) electrons. The molecule has 1 fully saturated rings. The SMILES string of the molecule is CC#CCC(NCC)C1CC1C. The van der Waals surface area contributed by atoms with E-state index in [-0.39, 0.29) is 0 Å². The summed E-state index contributed by atoms with van der Waals surface area (Å²) < 4.78 is 0. The third-order valence-corrected chi connectivity index (χ3v) is 2.65. The van der Waals surface area contributed by atoms with Crippen molar-refractivity contribution in [1.82, 2.24) is 5.32 Å². The second-order valence-corrected chi connectivity index (χ2v) is 3.67. The van der Waals surface area contributed by atoms with Gasteiger partial charge in [-0.05, 0) is 31.7 Å². The zero-order valence-electron chi connectivity index (χ0n) is 8.35. The Hall–Kier alpha value is -0.480. The van der Waals surface area contributed by atoms with E-state index in [9.17, 15) is 0 Å². The van der Waals surface area contributed by atoms with Crippen LogP contribution in [0.15, 0.2) is 0 Å². The van der Waals surface area contributed by atoms with E-state index in [1.165, 1.54) is 6.42 Å². The van der Waals surface area contributed by atoms with Crippen LogP contribution in [-0.4, -0.2) is 12.6 Å². The Morgan fingerprint density at radius 2 is 2.25 bits per heavy atom. The molecule has 1 nitrogen and oxygen atoms in total. The van der Waals surface area contributed by atoms with Crippen molar-refractivity contribution in [2.24, 2.45) is 11.8 Å². The predicted molar refractivity (Wildman–Crippen MR) is 52.8 cm³/mol. The average Bonchev–Trinajstić information content (AvgIpc) is 2.76. The van der Waals surface area contributed by atoms with E-state index in [4.69, 9.17) is 0 Å². The van der Waals surface area contributed by atoms with Crippen LogP contribution in [0, 0.1) is 23.7 Å². The summed E-state index contributed by atoms with van der Waals surface area (Å²) in [5.74, 6) is 7.94. The lowest BCUT2D eigenvalue weighted by molar-refractivity contribution is 0.466. The van der Waals surface area contributed by atoms with E-state index >= 15 is 0 Å². The fourth-order valence-electron chi connectivity index (χ4n) is 1.76. The Labute approximate surface area is 75.9 Å². The minimum atomic E-state index is 0.650. The van der Waals surface area contributed by atoms with E-state index in [0.717, 1.165) is 24.8 Å². The number of hydrogen-bond donors (Lipinski definition) is 1. The monoisotopic (exact) mass is 165 g/mol. The van der Waals surface area contributed by atoms with Crippen molar-refractivity contribution in [2.45, 2.75) is 39.7 Å². The van der Waals surface area contributed by atoms with Crippen molar-refractivity contribution < 1.29 is 0 Å².